The number of hydrogen-bond donors (Lipinski definition) is 2. The Morgan fingerprint density at radius 1 is 1.20 bits per heavy atom. The van der Waals surface area contributed by atoms with Crippen LogP contribution in [0.3, 0.4) is 0 Å². The minimum Gasteiger partial charge on any atom is -0.381 e. The number of rotatable bonds is 3. The third-order valence-corrected chi connectivity index (χ3v) is 6.71. The van der Waals surface area contributed by atoms with Crippen LogP contribution in [0, 0.1) is 29.1 Å². The van der Waals surface area contributed by atoms with Crippen molar-refractivity contribution in [1.82, 2.24) is 10.0 Å². The summed E-state index contributed by atoms with van der Waals surface area (Å²) in [5, 5.41) is 11.8. The van der Waals surface area contributed by atoms with Gasteiger partial charge >= 0.3 is 0 Å². The van der Waals surface area contributed by atoms with Crippen molar-refractivity contribution < 1.29 is 13.2 Å². The van der Waals surface area contributed by atoms with Gasteiger partial charge in [0.05, 0.1) is 24.5 Å². The van der Waals surface area contributed by atoms with Crippen LogP contribution in [0.5, 0.6) is 0 Å². The maximum absolute atomic E-state index is 12.5. The molecule has 3 fully saturated rings. The van der Waals surface area contributed by atoms with E-state index in [1.807, 2.05) is 0 Å². The fraction of sp³-hybridized carbons (Fsp3) is 0.923. The smallest absolute Gasteiger partial charge is 0.214 e. The van der Waals surface area contributed by atoms with Gasteiger partial charge in [-0.2, -0.15) is 5.26 Å². The van der Waals surface area contributed by atoms with Crippen molar-refractivity contribution >= 4 is 10.0 Å². The topological polar surface area (TPSA) is 91.2 Å². The van der Waals surface area contributed by atoms with Crippen molar-refractivity contribution in [2.24, 2.45) is 17.8 Å². The summed E-state index contributed by atoms with van der Waals surface area (Å²) in [5.41, 5.74) is 0. The molecule has 2 N–H and O–H groups in total. The van der Waals surface area contributed by atoms with Crippen molar-refractivity contribution in [2.75, 3.05) is 26.3 Å². The summed E-state index contributed by atoms with van der Waals surface area (Å²) in [6, 6.07) is 2.17. The number of sulfonamides is 1. The van der Waals surface area contributed by atoms with Crippen molar-refractivity contribution in [3.05, 3.63) is 0 Å². The predicted octanol–water partition coefficient (Wildman–Crippen LogP) is -0.168. The molecule has 6 nitrogen and oxygen atoms in total. The van der Waals surface area contributed by atoms with Gasteiger partial charge in [-0.05, 0) is 19.3 Å². The SMILES string of the molecule is N#CC1CCC(S(=O)(=O)NC2C3CNCC2COC3)C1. The van der Waals surface area contributed by atoms with E-state index in [0.717, 1.165) is 13.1 Å². The van der Waals surface area contributed by atoms with E-state index in [1.165, 1.54) is 0 Å². The van der Waals surface area contributed by atoms with Crippen LogP contribution in [-0.4, -0.2) is 46.0 Å². The minimum absolute atomic E-state index is 0.0175. The van der Waals surface area contributed by atoms with Crippen LogP contribution in [0.4, 0.5) is 0 Å². The van der Waals surface area contributed by atoms with E-state index in [-0.39, 0.29) is 23.8 Å². The number of fused-ring (bicyclic) bond motifs is 2. The van der Waals surface area contributed by atoms with E-state index in [4.69, 9.17) is 10.00 Å². The van der Waals surface area contributed by atoms with Crippen LogP contribution in [0.15, 0.2) is 0 Å². The fourth-order valence-corrected chi connectivity index (χ4v) is 5.50. The van der Waals surface area contributed by atoms with Gasteiger partial charge in [-0.1, -0.05) is 0 Å². The zero-order valence-corrected chi connectivity index (χ0v) is 12.2. The highest BCUT2D eigenvalue weighted by atomic mass is 32.2. The number of hydrogen-bond acceptors (Lipinski definition) is 5. The number of nitriles is 1. The second-order valence-electron chi connectivity index (χ2n) is 6.17. The van der Waals surface area contributed by atoms with Gasteiger partial charge < -0.3 is 10.1 Å². The third-order valence-electron chi connectivity index (χ3n) is 4.80. The molecule has 4 unspecified atom stereocenters. The highest BCUT2D eigenvalue weighted by Crippen LogP contribution is 2.31. The largest absolute Gasteiger partial charge is 0.381 e. The van der Waals surface area contributed by atoms with E-state index in [0.29, 0.717) is 32.5 Å². The van der Waals surface area contributed by atoms with Crippen LogP contribution in [-0.2, 0) is 14.8 Å². The Morgan fingerprint density at radius 2 is 1.90 bits per heavy atom. The van der Waals surface area contributed by atoms with Gasteiger partial charge in [0.1, 0.15) is 0 Å². The van der Waals surface area contributed by atoms with Crippen molar-refractivity contribution in [1.29, 1.82) is 5.26 Å². The molecule has 0 aromatic carbocycles. The highest BCUT2D eigenvalue weighted by molar-refractivity contribution is 7.90. The van der Waals surface area contributed by atoms with Gasteiger partial charge in [-0.25, -0.2) is 13.1 Å². The van der Waals surface area contributed by atoms with E-state index in [1.54, 1.807) is 0 Å². The van der Waals surface area contributed by atoms with Crippen molar-refractivity contribution in [2.45, 2.75) is 30.6 Å². The molecule has 1 saturated carbocycles. The molecule has 0 amide bonds. The normalized spacial score (nSPS) is 41.2. The van der Waals surface area contributed by atoms with Gasteiger partial charge in [0, 0.05) is 36.9 Å². The van der Waals surface area contributed by atoms with E-state index < -0.39 is 15.3 Å². The monoisotopic (exact) mass is 299 g/mol. The maximum atomic E-state index is 12.5. The average Bonchev–Trinajstić information content (AvgIpc) is 2.87. The molecule has 112 valence electrons. The molecule has 7 heteroatoms. The first-order chi connectivity index (χ1) is 9.60. The molecule has 2 heterocycles. The number of piperidine rings is 1. The lowest BCUT2D eigenvalue weighted by Gasteiger charge is -2.43. The van der Waals surface area contributed by atoms with Gasteiger partial charge in [-0.15, -0.1) is 0 Å². The highest BCUT2D eigenvalue weighted by Gasteiger charge is 2.42. The lowest BCUT2D eigenvalue weighted by Crippen LogP contribution is -2.61. The Morgan fingerprint density at radius 3 is 2.50 bits per heavy atom. The second-order valence-corrected chi connectivity index (χ2v) is 8.16. The fourth-order valence-electron chi connectivity index (χ4n) is 3.61. The summed E-state index contributed by atoms with van der Waals surface area (Å²) in [6.45, 7) is 2.83. The molecular formula is C13H21N3O3S. The number of nitrogens with one attached hydrogen (secondary N) is 2. The zero-order valence-electron chi connectivity index (χ0n) is 11.4. The predicted molar refractivity (Wildman–Crippen MR) is 73.3 cm³/mol. The van der Waals surface area contributed by atoms with Crippen LogP contribution in [0.2, 0.25) is 0 Å². The third kappa shape index (κ3) is 2.70. The van der Waals surface area contributed by atoms with Crippen LogP contribution in [0.25, 0.3) is 0 Å². The van der Waals surface area contributed by atoms with Gasteiger partial charge in [0.15, 0.2) is 0 Å². The molecule has 0 spiro atoms. The van der Waals surface area contributed by atoms with Gasteiger partial charge in [-0.3, -0.25) is 0 Å². The molecule has 0 aromatic rings. The van der Waals surface area contributed by atoms with Crippen molar-refractivity contribution in [3.8, 4) is 6.07 Å². The van der Waals surface area contributed by atoms with E-state index in [2.05, 4.69) is 16.1 Å². The molecule has 0 radical (unpaired) electrons. The molecule has 3 rings (SSSR count). The first-order valence-corrected chi connectivity index (χ1v) is 8.84. The van der Waals surface area contributed by atoms with Gasteiger partial charge in [0.25, 0.3) is 0 Å². The maximum Gasteiger partial charge on any atom is 0.214 e. The first-order valence-electron chi connectivity index (χ1n) is 7.29. The first kappa shape index (κ1) is 14.3. The number of ether oxygens (including phenoxy) is 1. The molecule has 0 aromatic heterocycles. The molecule has 4 atom stereocenters. The van der Waals surface area contributed by atoms with Gasteiger partial charge in [0.2, 0.25) is 10.0 Å². The van der Waals surface area contributed by atoms with Crippen LogP contribution >= 0.6 is 0 Å². The molecule has 20 heavy (non-hydrogen) atoms. The summed E-state index contributed by atoms with van der Waals surface area (Å²) < 4.78 is 33.5. The number of nitrogens with zero attached hydrogens (tertiary/aromatic N) is 1. The Bertz CT molecular complexity index is 479. The molecule has 2 bridgehead atoms. The molecule has 2 saturated heterocycles. The minimum atomic E-state index is -3.33. The summed E-state index contributed by atoms with van der Waals surface area (Å²) in [4.78, 5) is 0. The van der Waals surface area contributed by atoms with Crippen LogP contribution < -0.4 is 10.0 Å². The molecule has 2 aliphatic heterocycles. The summed E-state index contributed by atoms with van der Waals surface area (Å²) >= 11 is 0. The quantitative estimate of drug-likeness (QED) is 0.755. The second kappa shape index (κ2) is 5.60. The molecule has 3 aliphatic rings. The summed E-state index contributed by atoms with van der Waals surface area (Å²) in [6.07, 6.45) is 1.78. The molecular weight excluding hydrogens is 278 g/mol. The van der Waals surface area contributed by atoms with E-state index >= 15 is 0 Å². The van der Waals surface area contributed by atoms with Crippen LogP contribution in [0.1, 0.15) is 19.3 Å². The summed E-state index contributed by atoms with van der Waals surface area (Å²) in [7, 11) is -3.33. The Balaban J connectivity index is 1.69. The lowest BCUT2D eigenvalue weighted by atomic mass is 9.84. The Kier molecular flexibility index (Phi) is 4.00. The Labute approximate surface area is 119 Å². The molecule has 1 aliphatic carbocycles. The standard InChI is InChI=1S/C13H21N3O3S/c14-4-9-1-2-12(3-9)20(17,18)16-13-10-5-15-6-11(13)8-19-7-10/h9-13,15-16H,1-3,5-8H2. The van der Waals surface area contributed by atoms with Crippen molar-refractivity contribution in [3.63, 3.8) is 0 Å². The Hall–Kier alpha value is -0.680. The van der Waals surface area contributed by atoms with E-state index in [9.17, 15) is 8.42 Å². The zero-order chi connectivity index (χ0) is 14.2. The average molecular weight is 299 g/mol. The lowest BCUT2D eigenvalue weighted by molar-refractivity contribution is -0.0209. The summed E-state index contributed by atoms with van der Waals surface area (Å²) in [5.74, 6) is 0.323.